The number of benzene rings is 6. The molecule has 12 rings (SSSR count). The zero-order valence-electron chi connectivity index (χ0n) is 84.0. The van der Waals surface area contributed by atoms with Gasteiger partial charge in [0, 0.05) is 163 Å². The van der Waals surface area contributed by atoms with Crippen molar-refractivity contribution in [3.05, 3.63) is 234 Å². The second kappa shape index (κ2) is 59.3. The van der Waals surface area contributed by atoms with E-state index in [0.29, 0.717) is 19.6 Å². The van der Waals surface area contributed by atoms with Gasteiger partial charge in [-0.1, -0.05) is 219 Å². The number of unbranched alkanes of at least 4 members (excludes halogenated alkanes) is 3. The van der Waals surface area contributed by atoms with E-state index in [2.05, 4.69) is 416 Å². The summed E-state index contributed by atoms with van der Waals surface area (Å²) < 4.78 is 28.0. The molecule has 0 aromatic heterocycles. The van der Waals surface area contributed by atoms with E-state index in [1.54, 1.807) is 6.92 Å². The molecule has 24 heteroatoms. The van der Waals surface area contributed by atoms with Crippen molar-refractivity contribution in [1.82, 2.24) is 10.6 Å². The number of rotatable bonds is 27. The van der Waals surface area contributed by atoms with Crippen LogP contribution in [0.1, 0.15) is 278 Å². The molecule has 6 aromatic carbocycles. The SMILES string of the molecule is CC1=Nc2ccccc2C1(C)C.CC1=[N+](CCCNC(=O)OC(C)(C)C)c2ccccc2C1(C)C.CCCCBr.CCCCN1C(=CC=CC2=[N+](CCCN)c3ccccc3C2(C)C)C(C)(C)c2ccccc21.CCCCN1C(=CC=CC2=[N+](CCCNC(=O)OC(C)(C)C)c3ccccc3C2(C)C)C(C)(C)c2ccccc21.CCOC(C)OCC.Cl.[Br-].[Br-].[CH2-]C.[Cl-].[I][V]([I])[I]. The Balaban J connectivity index is 0.000000846. The maximum atomic E-state index is 12.1. The van der Waals surface area contributed by atoms with Crippen molar-refractivity contribution in [3.8, 4) is 0 Å². The minimum atomic E-state index is -0.496. The van der Waals surface area contributed by atoms with Gasteiger partial charge in [-0.3, -0.25) is 4.99 Å². The molecule has 131 heavy (non-hydrogen) atoms. The molecule has 6 aliphatic heterocycles. The predicted octanol–water partition coefficient (Wildman–Crippen LogP) is 20.0. The Labute approximate surface area is 872 Å². The molecule has 0 saturated carbocycles. The van der Waals surface area contributed by atoms with Crippen molar-refractivity contribution in [2.45, 2.75) is 295 Å². The first-order valence-electron chi connectivity index (χ1n) is 46.2. The molecule has 4 N–H and O–H groups in total. The Morgan fingerprint density at radius 3 is 1.17 bits per heavy atom. The van der Waals surface area contributed by atoms with Crippen LogP contribution < -0.4 is 72.5 Å². The van der Waals surface area contributed by atoms with E-state index in [1.807, 2.05) is 68.4 Å². The van der Waals surface area contributed by atoms with Crippen LogP contribution in [0.15, 0.2) is 198 Å². The first-order chi connectivity index (χ1) is 59.9. The molecule has 0 aliphatic carbocycles. The summed E-state index contributed by atoms with van der Waals surface area (Å²) in [7, 11) is 0. The van der Waals surface area contributed by atoms with E-state index in [9.17, 15) is 9.59 Å². The molecule has 0 atom stereocenters. The first kappa shape index (κ1) is 125. The van der Waals surface area contributed by atoms with Crippen molar-refractivity contribution in [3.63, 3.8) is 0 Å². The summed E-state index contributed by atoms with van der Waals surface area (Å²) in [4.78, 5) is 33.1. The van der Waals surface area contributed by atoms with E-state index in [4.69, 9.17) is 24.7 Å². The van der Waals surface area contributed by atoms with Gasteiger partial charge in [-0.25, -0.2) is 9.59 Å². The number of nitrogens with one attached hydrogen (secondary N) is 2. The van der Waals surface area contributed by atoms with E-state index < -0.39 is 11.2 Å². The molecule has 0 fully saturated rings. The van der Waals surface area contributed by atoms with Crippen LogP contribution in [0.5, 0.6) is 0 Å². The number of anilines is 2. The molecule has 6 heterocycles. The summed E-state index contributed by atoms with van der Waals surface area (Å²) in [6, 6.07) is 52.2. The van der Waals surface area contributed by atoms with Crippen LogP contribution in [-0.2, 0) is 56.4 Å². The van der Waals surface area contributed by atoms with Crippen LogP contribution in [0.3, 0.4) is 0 Å². The molecule has 0 bridgehead atoms. The van der Waals surface area contributed by atoms with Crippen molar-refractivity contribution < 1.29 is 93.6 Å². The van der Waals surface area contributed by atoms with Gasteiger partial charge in [-0.2, -0.15) is 20.7 Å². The number of allylic oxidation sites excluding steroid dienone is 8. The fourth-order valence-corrected chi connectivity index (χ4v) is 17.4. The average Bonchev–Trinajstić information content (AvgIpc) is 1.60. The predicted molar refractivity (Wildman–Crippen MR) is 577 cm³/mol. The van der Waals surface area contributed by atoms with Gasteiger partial charge in [-0.05, 0) is 184 Å². The quantitative estimate of drug-likeness (QED) is 0.0114. The molecular weight excluding hydrogens is 2250 g/mol. The Morgan fingerprint density at radius 1 is 0.496 bits per heavy atom. The van der Waals surface area contributed by atoms with Gasteiger partial charge in [0.25, 0.3) is 0 Å². The number of para-hydroxylation sites is 6. The minimum absolute atomic E-state index is 0. The van der Waals surface area contributed by atoms with Gasteiger partial charge in [0.2, 0.25) is 17.1 Å². The number of aliphatic imine (C=N–C) groups is 1. The van der Waals surface area contributed by atoms with Crippen LogP contribution in [0, 0.1) is 6.92 Å². The summed E-state index contributed by atoms with van der Waals surface area (Å²) in [5.41, 5.74) is 28.8. The van der Waals surface area contributed by atoms with Crippen molar-refractivity contribution >= 4 is 157 Å². The third-order valence-corrected chi connectivity index (χ3v) is 24.5. The molecule has 6 aromatic rings. The number of alkyl carbamates (subject to hydrolysis) is 2. The zero-order chi connectivity index (χ0) is 94.9. The van der Waals surface area contributed by atoms with Crippen LogP contribution >= 0.6 is 88.3 Å². The molecule has 730 valence electrons. The maximum absolute atomic E-state index is 12.1. The number of amides is 2. The Bertz CT molecular complexity index is 4780. The third kappa shape index (κ3) is 35.3. The third-order valence-electron chi connectivity index (χ3n) is 24.0. The fourth-order valence-electron chi connectivity index (χ4n) is 16.9. The number of ether oxygens (including phenoxy) is 4. The molecule has 6 aliphatic rings. The molecule has 0 spiro atoms. The second-order valence-corrected chi connectivity index (χ2v) is 73.8. The Kier molecular flexibility index (Phi) is 56.4. The number of alkyl halides is 1. The number of halogens is 8. The number of carbonyl (C=O) groups excluding carboxylic acids is 2. The number of hydrogen-bond acceptors (Lipinski definition) is 10. The van der Waals surface area contributed by atoms with Gasteiger partial charge < -0.3 is 98.4 Å². The van der Waals surface area contributed by atoms with Crippen molar-refractivity contribution in [2.75, 3.05) is 80.7 Å². The normalized spacial score (nSPS) is 16.4. The summed E-state index contributed by atoms with van der Waals surface area (Å²) >= 11 is 10.7. The molecular formula is C107H159Br3Cl2I3N9O6V-. The van der Waals surface area contributed by atoms with Crippen LogP contribution in [0.25, 0.3) is 0 Å². The van der Waals surface area contributed by atoms with Crippen LogP contribution in [-0.4, -0.2) is 137 Å². The summed E-state index contributed by atoms with van der Waals surface area (Å²) in [5, 5.41) is 6.89. The number of hydrogen-bond donors (Lipinski definition) is 3. The summed E-state index contributed by atoms with van der Waals surface area (Å²) in [5.74, 6) is 0. The average molecular weight is 2410 g/mol. The number of nitrogens with two attached hydrogens (primary N) is 1. The van der Waals surface area contributed by atoms with E-state index in [0.717, 1.165) is 82.6 Å². The Hall–Kier alpha value is -4.23. The summed E-state index contributed by atoms with van der Waals surface area (Å²) in [6.07, 6.45) is 23.1. The molecule has 2 amide bonds. The van der Waals surface area contributed by atoms with E-state index in [-0.39, 0.29) is 115 Å². The van der Waals surface area contributed by atoms with Crippen LogP contribution in [0.4, 0.5) is 43.7 Å². The van der Waals surface area contributed by atoms with Gasteiger partial charge >= 0.3 is 77.0 Å². The topological polar surface area (TPSA) is 149 Å². The van der Waals surface area contributed by atoms with E-state index >= 15 is 0 Å². The fraction of sp³-hybridized carbons (Fsp3) is 0.523. The van der Waals surface area contributed by atoms with Crippen molar-refractivity contribution in [2.24, 2.45) is 10.7 Å². The van der Waals surface area contributed by atoms with Crippen LogP contribution in [0.2, 0.25) is 0 Å². The number of nitrogens with zero attached hydrogens (tertiary/aromatic N) is 6. The van der Waals surface area contributed by atoms with Crippen molar-refractivity contribution in [1.29, 1.82) is 0 Å². The van der Waals surface area contributed by atoms with Gasteiger partial charge in [0.05, 0.1) is 21.9 Å². The zero-order valence-corrected chi connectivity index (χ0v) is 98.2. The van der Waals surface area contributed by atoms with E-state index in [1.165, 1.54) is 128 Å². The standard InChI is InChI=1S/C35H47N3O2.C30H40N3.C19H28N2O2.C11H13N.C6H14O2.C4H9Br.C2H5.2BrH.2ClH.3HI.V/c1-9-10-24-37-28-19-13-11-17-26(28)34(5,6)30(37)21-15-22-31-35(7,8)27-18-12-14-20-29(27)38(31)25-16-23-36-32(39)40-33(2,3)4;1-6-7-21-32-25-16-10-8-14-23(25)29(2,3)27(32)18-12-19-28-30(4,5)24-15-9-11-17-26(24)33(28)22-13-20-31;1-14-19(5,6)15-10-7-8-11-16(15)21(14)13-9-12-20-17(22)23-18(2,3)4;1-8-11(2,3)9-6-4-5-7-10(9)12-8;1-4-7-6(3)8-5-2;1-2-3-4-5;1-2;;;;;;;;/h11-15,17-22H,9-10,16,23-25H2,1-8H3;8-12,14-19H,6-7,13,20-22,31H2,1-5H3;7-8,10-11H,9,12-13H2,1-6H3;4-7H,1-3H3;6H,4-5H2,1-3H3;2-4H2,1H3;1H2,2H3;7*1H;/q;+1;;;;;-1;;;;;;;;+3/p-4. The monoisotopic (exact) mass is 2400 g/mol. The molecule has 0 radical (unpaired) electrons. The molecule has 0 unspecified atom stereocenters. The number of fused-ring (bicyclic) bond motifs is 6. The second-order valence-electron chi connectivity index (χ2n) is 37.6. The number of carbonyl (C=O) groups is 2. The Morgan fingerprint density at radius 2 is 0.824 bits per heavy atom. The summed E-state index contributed by atoms with van der Waals surface area (Å²) in [6.45, 7) is 68.8. The molecule has 15 nitrogen and oxygen atoms in total. The van der Waals surface area contributed by atoms with Gasteiger partial charge in [0.1, 0.15) is 11.2 Å². The van der Waals surface area contributed by atoms with Gasteiger partial charge in [0.15, 0.2) is 43.1 Å². The molecule has 0 saturated heterocycles. The van der Waals surface area contributed by atoms with Gasteiger partial charge in [-0.15, -0.1) is 12.4 Å². The first-order valence-corrected chi connectivity index (χ1v) is 60.8.